The van der Waals surface area contributed by atoms with Crippen molar-refractivity contribution in [1.82, 2.24) is 14.5 Å². The predicted molar refractivity (Wildman–Crippen MR) is 93.3 cm³/mol. The van der Waals surface area contributed by atoms with Crippen LogP contribution in [0.4, 0.5) is 4.79 Å². The van der Waals surface area contributed by atoms with Gasteiger partial charge < -0.3 is 19.7 Å². The van der Waals surface area contributed by atoms with Gasteiger partial charge in [0, 0.05) is 40.3 Å². The van der Waals surface area contributed by atoms with Gasteiger partial charge >= 0.3 is 6.03 Å². The molecule has 1 aliphatic rings. The van der Waals surface area contributed by atoms with Gasteiger partial charge in [0.1, 0.15) is 12.4 Å². The maximum Gasteiger partial charge on any atom is 0.317 e. The van der Waals surface area contributed by atoms with Crippen molar-refractivity contribution in [2.45, 2.75) is 11.8 Å². The highest BCUT2D eigenvalue weighted by molar-refractivity contribution is 7.89. The van der Waals surface area contributed by atoms with E-state index in [1.807, 2.05) is 6.92 Å². The molecule has 9 heteroatoms. The third-order valence-electron chi connectivity index (χ3n) is 4.07. The SMILES string of the molecule is CNC(=O)N1CCN(S(=O)(=O)c2ccc(OCCOC)c(C)c2)CC1. The number of amides is 2. The van der Waals surface area contributed by atoms with Crippen LogP contribution in [0.3, 0.4) is 0 Å². The van der Waals surface area contributed by atoms with E-state index >= 15 is 0 Å². The number of carbonyl (C=O) groups excluding carboxylic acids is 1. The van der Waals surface area contributed by atoms with Crippen molar-refractivity contribution < 1.29 is 22.7 Å². The smallest absolute Gasteiger partial charge is 0.317 e. The van der Waals surface area contributed by atoms with E-state index < -0.39 is 10.0 Å². The molecule has 1 aromatic carbocycles. The van der Waals surface area contributed by atoms with Gasteiger partial charge in [-0.05, 0) is 30.7 Å². The minimum atomic E-state index is -3.59. The van der Waals surface area contributed by atoms with E-state index in [2.05, 4.69) is 5.32 Å². The zero-order valence-electron chi connectivity index (χ0n) is 14.8. The lowest BCUT2D eigenvalue weighted by Crippen LogP contribution is -2.52. The van der Waals surface area contributed by atoms with Gasteiger partial charge in [0.25, 0.3) is 0 Å². The van der Waals surface area contributed by atoms with Gasteiger partial charge in [0.15, 0.2) is 0 Å². The minimum absolute atomic E-state index is 0.189. The van der Waals surface area contributed by atoms with Crippen LogP contribution < -0.4 is 10.1 Å². The molecule has 1 N–H and O–H groups in total. The summed E-state index contributed by atoms with van der Waals surface area (Å²) in [5, 5.41) is 2.55. The number of ether oxygens (including phenoxy) is 2. The number of urea groups is 1. The number of nitrogens with zero attached hydrogens (tertiary/aromatic N) is 2. The summed E-state index contributed by atoms with van der Waals surface area (Å²) in [6.45, 7) is 3.98. The molecule has 140 valence electrons. The Morgan fingerprint density at radius 1 is 1.20 bits per heavy atom. The molecule has 0 aromatic heterocycles. The lowest BCUT2D eigenvalue weighted by atomic mass is 10.2. The second-order valence-electron chi connectivity index (χ2n) is 5.71. The molecule has 0 spiro atoms. The van der Waals surface area contributed by atoms with Crippen molar-refractivity contribution in [3.05, 3.63) is 23.8 Å². The first-order valence-corrected chi connectivity index (χ1v) is 9.53. The van der Waals surface area contributed by atoms with Crippen LogP contribution in [0.5, 0.6) is 5.75 Å². The summed E-state index contributed by atoms with van der Waals surface area (Å²) in [5.41, 5.74) is 0.751. The largest absolute Gasteiger partial charge is 0.491 e. The van der Waals surface area contributed by atoms with Gasteiger partial charge in [-0.1, -0.05) is 0 Å². The molecule has 1 aliphatic heterocycles. The molecular formula is C16H25N3O5S. The van der Waals surface area contributed by atoms with Crippen LogP contribution in [0.1, 0.15) is 5.56 Å². The van der Waals surface area contributed by atoms with Crippen molar-refractivity contribution in [2.24, 2.45) is 0 Å². The first-order valence-electron chi connectivity index (χ1n) is 8.09. The summed E-state index contributed by atoms with van der Waals surface area (Å²) >= 11 is 0. The molecule has 1 heterocycles. The van der Waals surface area contributed by atoms with E-state index in [1.165, 1.54) is 4.31 Å². The monoisotopic (exact) mass is 371 g/mol. The number of carbonyl (C=O) groups is 1. The Kier molecular flexibility index (Phi) is 6.63. The Morgan fingerprint density at radius 3 is 2.44 bits per heavy atom. The van der Waals surface area contributed by atoms with Gasteiger partial charge in [-0.25, -0.2) is 13.2 Å². The number of sulfonamides is 1. The Balaban J connectivity index is 2.07. The van der Waals surface area contributed by atoms with Crippen LogP contribution in [-0.2, 0) is 14.8 Å². The number of aryl methyl sites for hydroxylation is 1. The summed E-state index contributed by atoms with van der Waals surface area (Å²) in [4.78, 5) is 13.4. The van der Waals surface area contributed by atoms with Crippen LogP contribution in [0.15, 0.2) is 23.1 Å². The number of benzene rings is 1. The molecule has 25 heavy (non-hydrogen) atoms. The zero-order valence-corrected chi connectivity index (χ0v) is 15.6. The average Bonchev–Trinajstić information content (AvgIpc) is 2.62. The Labute approximate surface area is 148 Å². The van der Waals surface area contributed by atoms with Gasteiger partial charge in [-0.2, -0.15) is 4.31 Å². The van der Waals surface area contributed by atoms with Crippen molar-refractivity contribution in [2.75, 3.05) is 53.6 Å². The number of nitrogens with one attached hydrogen (secondary N) is 1. The second-order valence-corrected chi connectivity index (χ2v) is 7.65. The molecule has 1 fully saturated rings. The van der Waals surface area contributed by atoms with Gasteiger partial charge in [0.2, 0.25) is 10.0 Å². The average molecular weight is 371 g/mol. The highest BCUT2D eigenvalue weighted by Crippen LogP contribution is 2.24. The van der Waals surface area contributed by atoms with Crippen LogP contribution in [0.2, 0.25) is 0 Å². The van der Waals surface area contributed by atoms with Gasteiger partial charge in [0.05, 0.1) is 11.5 Å². The molecule has 1 aromatic rings. The molecular weight excluding hydrogens is 346 g/mol. The number of hydrogen-bond donors (Lipinski definition) is 1. The molecule has 8 nitrogen and oxygen atoms in total. The first kappa shape index (κ1) is 19.5. The maximum atomic E-state index is 12.8. The third kappa shape index (κ3) is 4.62. The fraction of sp³-hybridized carbons (Fsp3) is 0.562. The Bertz CT molecular complexity index is 700. The van der Waals surface area contributed by atoms with Crippen molar-refractivity contribution >= 4 is 16.1 Å². The van der Waals surface area contributed by atoms with Gasteiger partial charge in [-0.3, -0.25) is 0 Å². The number of rotatable bonds is 6. The van der Waals surface area contributed by atoms with Gasteiger partial charge in [-0.15, -0.1) is 0 Å². The lowest BCUT2D eigenvalue weighted by Gasteiger charge is -2.33. The lowest BCUT2D eigenvalue weighted by molar-refractivity contribution is 0.146. The molecule has 0 saturated carbocycles. The molecule has 0 radical (unpaired) electrons. The van der Waals surface area contributed by atoms with Crippen LogP contribution in [0, 0.1) is 6.92 Å². The first-order chi connectivity index (χ1) is 11.9. The normalized spacial score (nSPS) is 15.9. The summed E-state index contributed by atoms with van der Waals surface area (Å²) in [7, 11) is -0.435. The van der Waals surface area contributed by atoms with E-state index in [0.717, 1.165) is 5.56 Å². The van der Waals surface area contributed by atoms with E-state index in [1.54, 1.807) is 37.3 Å². The van der Waals surface area contributed by atoms with E-state index in [-0.39, 0.29) is 24.0 Å². The van der Waals surface area contributed by atoms with E-state index in [4.69, 9.17) is 9.47 Å². The van der Waals surface area contributed by atoms with Crippen molar-refractivity contribution in [3.8, 4) is 5.75 Å². The van der Waals surface area contributed by atoms with Crippen molar-refractivity contribution in [3.63, 3.8) is 0 Å². The molecule has 0 aliphatic carbocycles. The fourth-order valence-corrected chi connectivity index (χ4v) is 4.13. The molecule has 2 rings (SSSR count). The third-order valence-corrected chi connectivity index (χ3v) is 5.96. The quantitative estimate of drug-likeness (QED) is 0.743. The Morgan fingerprint density at radius 2 is 1.88 bits per heavy atom. The highest BCUT2D eigenvalue weighted by Gasteiger charge is 2.30. The standard InChI is InChI=1S/C16H25N3O5S/c1-13-12-14(4-5-15(13)24-11-10-23-3)25(21,22)19-8-6-18(7-9-19)16(20)17-2/h4-5,12H,6-11H2,1-3H3,(H,17,20). The van der Waals surface area contributed by atoms with Crippen LogP contribution in [0.25, 0.3) is 0 Å². The van der Waals surface area contributed by atoms with E-state index in [0.29, 0.717) is 32.1 Å². The number of methoxy groups -OCH3 is 1. The number of hydrogen-bond acceptors (Lipinski definition) is 5. The summed E-state index contributed by atoms with van der Waals surface area (Å²) in [5.74, 6) is 0.639. The molecule has 1 saturated heterocycles. The predicted octanol–water partition coefficient (Wildman–Crippen LogP) is 0.666. The maximum absolute atomic E-state index is 12.8. The fourth-order valence-electron chi connectivity index (χ4n) is 2.62. The second kappa shape index (κ2) is 8.50. The van der Waals surface area contributed by atoms with Crippen LogP contribution >= 0.6 is 0 Å². The zero-order chi connectivity index (χ0) is 18.4. The van der Waals surface area contributed by atoms with Crippen LogP contribution in [-0.4, -0.2) is 77.2 Å². The van der Waals surface area contributed by atoms with Crippen molar-refractivity contribution in [1.29, 1.82) is 0 Å². The number of piperazine rings is 1. The Hall–Kier alpha value is -1.84. The molecule has 0 atom stereocenters. The minimum Gasteiger partial charge on any atom is -0.491 e. The highest BCUT2D eigenvalue weighted by atomic mass is 32.2. The van der Waals surface area contributed by atoms with E-state index in [9.17, 15) is 13.2 Å². The molecule has 0 bridgehead atoms. The topological polar surface area (TPSA) is 88.2 Å². The summed E-state index contributed by atoms with van der Waals surface area (Å²) in [6, 6.07) is 4.64. The summed E-state index contributed by atoms with van der Waals surface area (Å²) in [6.07, 6.45) is 0. The molecule has 2 amide bonds. The molecule has 0 unspecified atom stereocenters. The summed E-state index contributed by atoms with van der Waals surface area (Å²) < 4.78 is 37.5.